The average molecular weight is 437 g/mol. The molecule has 1 aliphatic rings. The summed E-state index contributed by atoms with van der Waals surface area (Å²) in [6.45, 7) is 0. The summed E-state index contributed by atoms with van der Waals surface area (Å²) in [5.74, 6) is -2.08. The van der Waals surface area contributed by atoms with Gasteiger partial charge in [-0.1, -0.05) is 11.6 Å². The summed E-state index contributed by atoms with van der Waals surface area (Å²) >= 11 is 5.93. The van der Waals surface area contributed by atoms with E-state index in [9.17, 15) is 31.9 Å². The standard InChI is InChI=1S/C17H13ClF4N2O5/c1-23-12(17(20,21)22)7-13(25)24(15(23)27)10-6-11(8(18)5-9(10)19)29-16(3-4-16)14(26)28-2/h5-7H,3-4H2,1-2H3. The molecule has 0 spiro atoms. The highest BCUT2D eigenvalue weighted by Gasteiger charge is 2.54. The van der Waals surface area contributed by atoms with E-state index >= 15 is 0 Å². The second-order valence-corrected chi connectivity index (χ2v) is 6.77. The predicted octanol–water partition coefficient (Wildman–Crippen LogP) is 2.43. The van der Waals surface area contributed by atoms with Gasteiger partial charge in [0, 0.05) is 32.0 Å². The molecule has 0 amide bonds. The summed E-state index contributed by atoms with van der Waals surface area (Å²) in [5, 5.41) is -0.266. The molecule has 12 heteroatoms. The number of methoxy groups -OCH3 is 1. The van der Waals surface area contributed by atoms with Crippen LogP contribution in [-0.4, -0.2) is 27.8 Å². The Bertz CT molecular complexity index is 1120. The second kappa shape index (κ2) is 6.90. The van der Waals surface area contributed by atoms with Gasteiger partial charge in [-0.3, -0.25) is 9.36 Å². The number of alkyl halides is 3. The van der Waals surface area contributed by atoms with Crippen molar-refractivity contribution in [3.05, 3.63) is 55.6 Å². The van der Waals surface area contributed by atoms with Crippen LogP contribution in [-0.2, 0) is 22.8 Å². The molecule has 1 aliphatic carbocycles. The Morgan fingerprint density at radius 3 is 2.34 bits per heavy atom. The maximum absolute atomic E-state index is 14.5. The fourth-order valence-corrected chi connectivity index (χ4v) is 2.93. The summed E-state index contributed by atoms with van der Waals surface area (Å²) in [6, 6.07) is 1.77. The van der Waals surface area contributed by atoms with Crippen LogP contribution in [0, 0.1) is 5.82 Å². The van der Waals surface area contributed by atoms with Crippen molar-refractivity contribution in [3.63, 3.8) is 0 Å². The summed E-state index contributed by atoms with van der Waals surface area (Å²) in [5.41, 5.74) is -6.32. The number of carbonyl (C=O) groups excluding carboxylic acids is 1. The molecule has 7 nitrogen and oxygen atoms in total. The van der Waals surface area contributed by atoms with Crippen LogP contribution in [0.4, 0.5) is 17.6 Å². The largest absolute Gasteiger partial charge is 0.474 e. The van der Waals surface area contributed by atoms with E-state index in [1.807, 2.05) is 0 Å². The van der Waals surface area contributed by atoms with Gasteiger partial charge in [-0.15, -0.1) is 0 Å². The fraction of sp³-hybridized carbons (Fsp3) is 0.353. The molecular weight excluding hydrogens is 424 g/mol. The van der Waals surface area contributed by atoms with Gasteiger partial charge < -0.3 is 9.47 Å². The van der Waals surface area contributed by atoms with Crippen molar-refractivity contribution >= 4 is 17.6 Å². The van der Waals surface area contributed by atoms with Crippen molar-refractivity contribution in [1.82, 2.24) is 9.13 Å². The van der Waals surface area contributed by atoms with Crippen LogP contribution in [0.3, 0.4) is 0 Å². The molecule has 1 saturated carbocycles. The fourth-order valence-electron chi connectivity index (χ4n) is 2.75. The Labute approximate surface area is 165 Å². The van der Waals surface area contributed by atoms with E-state index in [1.165, 1.54) is 0 Å². The van der Waals surface area contributed by atoms with Gasteiger partial charge in [0.2, 0.25) is 5.60 Å². The molecule has 156 valence electrons. The van der Waals surface area contributed by atoms with Gasteiger partial charge in [0.1, 0.15) is 17.3 Å². The van der Waals surface area contributed by atoms with E-state index in [4.69, 9.17) is 16.3 Å². The third kappa shape index (κ3) is 3.61. The number of rotatable bonds is 4. The van der Waals surface area contributed by atoms with Crippen molar-refractivity contribution in [3.8, 4) is 11.4 Å². The molecule has 0 bridgehead atoms. The number of hydrogen-bond donors (Lipinski definition) is 0. The molecule has 1 aromatic carbocycles. The smallest absolute Gasteiger partial charge is 0.431 e. The first kappa shape index (κ1) is 20.9. The molecule has 2 aromatic rings. The number of benzene rings is 1. The maximum atomic E-state index is 14.5. The number of carbonyl (C=O) groups is 1. The monoisotopic (exact) mass is 436 g/mol. The molecule has 3 rings (SSSR count). The highest BCUT2D eigenvalue weighted by Crippen LogP contribution is 2.43. The van der Waals surface area contributed by atoms with Crippen LogP contribution >= 0.6 is 11.6 Å². The third-order valence-electron chi connectivity index (χ3n) is 4.42. The van der Waals surface area contributed by atoms with Gasteiger partial charge in [-0.05, 0) is 6.07 Å². The Kier molecular flexibility index (Phi) is 4.98. The molecule has 29 heavy (non-hydrogen) atoms. The summed E-state index contributed by atoms with van der Waals surface area (Å²) in [7, 11) is 1.94. The van der Waals surface area contributed by atoms with E-state index in [0.717, 1.165) is 26.3 Å². The molecule has 0 unspecified atom stereocenters. The van der Waals surface area contributed by atoms with E-state index in [1.54, 1.807) is 0 Å². The van der Waals surface area contributed by atoms with Gasteiger partial charge >= 0.3 is 17.8 Å². The van der Waals surface area contributed by atoms with Gasteiger partial charge in [-0.25, -0.2) is 18.5 Å². The maximum Gasteiger partial charge on any atom is 0.431 e. The lowest BCUT2D eigenvalue weighted by atomic mass is 10.2. The van der Waals surface area contributed by atoms with E-state index in [-0.39, 0.29) is 26.0 Å². The van der Waals surface area contributed by atoms with Crippen molar-refractivity contribution in [2.75, 3.05) is 7.11 Å². The van der Waals surface area contributed by atoms with E-state index < -0.39 is 46.2 Å². The first-order valence-corrected chi connectivity index (χ1v) is 8.46. The van der Waals surface area contributed by atoms with Gasteiger partial charge in [0.25, 0.3) is 5.56 Å². The topological polar surface area (TPSA) is 79.5 Å². The number of nitrogens with zero attached hydrogens (tertiary/aromatic N) is 2. The molecule has 0 aliphatic heterocycles. The number of esters is 1. The van der Waals surface area contributed by atoms with Gasteiger partial charge in [0.15, 0.2) is 0 Å². The zero-order chi connectivity index (χ0) is 21.7. The minimum absolute atomic E-state index is 0.173. The molecule has 1 aromatic heterocycles. The Morgan fingerprint density at radius 1 is 1.21 bits per heavy atom. The van der Waals surface area contributed by atoms with E-state index in [0.29, 0.717) is 12.8 Å². The Hall–Kier alpha value is -2.82. The number of hydrogen-bond acceptors (Lipinski definition) is 5. The normalized spacial score (nSPS) is 15.1. The summed E-state index contributed by atoms with van der Waals surface area (Å²) in [6.07, 6.45) is -4.37. The van der Waals surface area contributed by atoms with Crippen LogP contribution in [0.2, 0.25) is 5.02 Å². The highest BCUT2D eigenvalue weighted by atomic mass is 35.5. The minimum Gasteiger partial charge on any atom is -0.474 e. The van der Waals surface area contributed by atoms with Crippen molar-refractivity contribution < 1.29 is 31.8 Å². The molecular formula is C17H13ClF4N2O5. The Balaban J connectivity index is 2.16. The molecule has 0 saturated heterocycles. The third-order valence-corrected chi connectivity index (χ3v) is 4.72. The second-order valence-electron chi connectivity index (χ2n) is 6.36. The van der Waals surface area contributed by atoms with Gasteiger partial charge in [0.05, 0.1) is 17.8 Å². The van der Waals surface area contributed by atoms with Crippen LogP contribution in [0.25, 0.3) is 5.69 Å². The number of halogens is 5. The van der Waals surface area contributed by atoms with Gasteiger partial charge in [-0.2, -0.15) is 13.2 Å². The molecule has 0 N–H and O–H groups in total. The average Bonchev–Trinajstić information content (AvgIpc) is 3.41. The van der Waals surface area contributed by atoms with Crippen molar-refractivity contribution in [2.45, 2.75) is 24.6 Å². The van der Waals surface area contributed by atoms with Crippen molar-refractivity contribution in [1.29, 1.82) is 0 Å². The molecule has 1 fully saturated rings. The van der Waals surface area contributed by atoms with Crippen LogP contribution in [0.5, 0.6) is 5.75 Å². The molecule has 0 radical (unpaired) electrons. The first-order valence-electron chi connectivity index (χ1n) is 8.08. The van der Waals surface area contributed by atoms with Crippen molar-refractivity contribution in [2.24, 2.45) is 7.05 Å². The van der Waals surface area contributed by atoms with Crippen LogP contribution < -0.4 is 16.0 Å². The summed E-state index contributed by atoms with van der Waals surface area (Å²) in [4.78, 5) is 36.4. The predicted molar refractivity (Wildman–Crippen MR) is 91.9 cm³/mol. The lowest BCUT2D eigenvalue weighted by Gasteiger charge is -2.18. The quantitative estimate of drug-likeness (QED) is 0.543. The number of aromatic nitrogens is 2. The summed E-state index contributed by atoms with van der Waals surface area (Å²) < 4.78 is 63.9. The zero-order valence-corrected chi connectivity index (χ0v) is 15.7. The highest BCUT2D eigenvalue weighted by molar-refractivity contribution is 6.32. The lowest BCUT2D eigenvalue weighted by molar-refractivity contribution is -0.151. The lowest BCUT2D eigenvalue weighted by Crippen LogP contribution is -2.41. The van der Waals surface area contributed by atoms with Crippen LogP contribution in [0.1, 0.15) is 18.5 Å². The SMILES string of the molecule is COC(=O)C1(Oc2cc(-n3c(=O)cc(C(F)(F)F)n(C)c3=O)c(F)cc2Cl)CC1. The molecule has 1 heterocycles. The molecule has 0 atom stereocenters. The number of ether oxygens (including phenoxy) is 2. The zero-order valence-electron chi connectivity index (χ0n) is 15.0. The minimum atomic E-state index is -4.96. The van der Waals surface area contributed by atoms with Crippen LogP contribution in [0.15, 0.2) is 27.8 Å². The Morgan fingerprint density at radius 2 is 1.83 bits per heavy atom. The first-order chi connectivity index (χ1) is 13.4. The van der Waals surface area contributed by atoms with E-state index in [2.05, 4.69) is 4.74 Å².